The van der Waals surface area contributed by atoms with Gasteiger partial charge in [-0.2, -0.15) is 5.10 Å². The largest absolute Gasteiger partial charge is 0.376 e. The summed E-state index contributed by atoms with van der Waals surface area (Å²) in [5.74, 6) is 0.928. The van der Waals surface area contributed by atoms with Crippen molar-refractivity contribution >= 4 is 16.9 Å². The van der Waals surface area contributed by atoms with Crippen molar-refractivity contribution in [3.05, 3.63) is 71.7 Å². The van der Waals surface area contributed by atoms with Gasteiger partial charge < -0.3 is 10.1 Å². The van der Waals surface area contributed by atoms with Crippen LogP contribution in [0.3, 0.4) is 0 Å². The molecule has 0 unspecified atom stereocenters. The number of ether oxygens (including phenoxy) is 1. The van der Waals surface area contributed by atoms with Gasteiger partial charge in [-0.25, -0.2) is 4.98 Å². The zero-order valence-electron chi connectivity index (χ0n) is 15.2. The first kappa shape index (κ1) is 16.1. The standard InChI is InChI=1S/C21H21N5O/c1-25-19-10-11-27-13-17(19)21(24-25)22-12-15-6-8-16(9-7-15)26-14-23-18-4-2-3-5-20(18)26/h2-9,14H,10-13H2,1H3,(H,22,24). The average molecular weight is 359 g/mol. The molecular weight excluding hydrogens is 338 g/mol. The topological polar surface area (TPSA) is 56.9 Å². The van der Waals surface area contributed by atoms with Gasteiger partial charge in [-0.3, -0.25) is 9.25 Å². The van der Waals surface area contributed by atoms with Crippen LogP contribution >= 0.6 is 0 Å². The van der Waals surface area contributed by atoms with Gasteiger partial charge in [-0.1, -0.05) is 24.3 Å². The van der Waals surface area contributed by atoms with E-state index in [2.05, 4.69) is 50.3 Å². The van der Waals surface area contributed by atoms with Crippen molar-refractivity contribution in [1.82, 2.24) is 19.3 Å². The van der Waals surface area contributed by atoms with E-state index < -0.39 is 0 Å². The molecule has 1 N–H and O–H groups in total. The predicted molar refractivity (Wildman–Crippen MR) is 105 cm³/mol. The highest BCUT2D eigenvalue weighted by molar-refractivity contribution is 5.77. The lowest BCUT2D eigenvalue weighted by molar-refractivity contribution is 0.109. The molecule has 1 aliphatic rings. The van der Waals surface area contributed by atoms with Crippen LogP contribution in [0.2, 0.25) is 0 Å². The van der Waals surface area contributed by atoms with Crippen molar-refractivity contribution in [2.75, 3.05) is 11.9 Å². The van der Waals surface area contributed by atoms with Gasteiger partial charge in [0.05, 0.1) is 24.2 Å². The van der Waals surface area contributed by atoms with E-state index in [-0.39, 0.29) is 0 Å². The normalized spacial score (nSPS) is 13.7. The molecule has 27 heavy (non-hydrogen) atoms. The SMILES string of the molecule is Cn1nc(NCc2ccc(-n3cnc4ccccc43)cc2)c2c1CCOC2. The molecule has 5 rings (SSSR count). The third-order valence-electron chi connectivity index (χ3n) is 5.13. The van der Waals surface area contributed by atoms with Crippen LogP contribution in [0.15, 0.2) is 54.9 Å². The number of benzene rings is 2. The van der Waals surface area contributed by atoms with Gasteiger partial charge in [0, 0.05) is 37.0 Å². The van der Waals surface area contributed by atoms with E-state index in [1.54, 1.807) is 0 Å². The summed E-state index contributed by atoms with van der Waals surface area (Å²) in [5.41, 5.74) is 6.89. The number of rotatable bonds is 4. The van der Waals surface area contributed by atoms with E-state index >= 15 is 0 Å². The maximum Gasteiger partial charge on any atom is 0.154 e. The lowest BCUT2D eigenvalue weighted by Gasteiger charge is -2.14. The second kappa shape index (κ2) is 6.55. The second-order valence-electron chi connectivity index (χ2n) is 6.82. The van der Waals surface area contributed by atoms with Crippen molar-refractivity contribution in [1.29, 1.82) is 0 Å². The summed E-state index contributed by atoms with van der Waals surface area (Å²) >= 11 is 0. The molecule has 0 amide bonds. The number of hydrogen-bond donors (Lipinski definition) is 1. The molecule has 3 heterocycles. The number of nitrogens with zero attached hydrogens (tertiary/aromatic N) is 4. The number of fused-ring (bicyclic) bond motifs is 2. The van der Waals surface area contributed by atoms with Crippen LogP contribution in [-0.4, -0.2) is 25.9 Å². The summed E-state index contributed by atoms with van der Waals surface area (Å²) in [6, 6.07) is 16.7. The zero-order chi connectivity index (χ0) is 18.2. The summed E-state index contributed by atoms with van der Waals surface area (Å²) in [5, 5.41) is 8.08. The average Bonchev–Trinajstić information content (AvgIpc) is 3.29. The summed E-state index contributed by atoms with van der Waals surface area (Å²) in [4.78, 5) is 4.46. The first-order valence-electron chi connectivity index (χ1n) is 9.17. The summed E-state index contributed by atoms with van der Waals surface area (Å²) < 4.78 is 9.67. The smallest absolute Gasteiger partial charge is 0.154 e. The Morgan fingerprint density at radius 2 is 1.96 bits per heavy atom. The number of anilines is 1. The van der Waals surface area contributed by atoms with Crippen LogP contribution in [0.5, 0.6) is 0 Å². The van der Waals surface area contributed by atoms with Crippen molar-refractivity contribution in [2.24, 2.45) is 7.05 Å². The van der Waals surface area contributed by atoms with Gasteiger partial charge in [0.15, 0.2) is 5.82 Å². The Labute approximate surface area is 157 Å². The fourth-order valence-corrected chi connectivity index (χ4v) is 3.68. The van der Waals surface area contributed by atoms with Crippen molar-refractivity contribution in [3.63, 3.8) is 0 Å². The van der Waals surface area contributed by atoms with E-state index in [1.165, 1.54) is 16.8 Å². The van der Waals surface area contributed by atoms with Crippen LogP contribution in [-0.2, 0) is 31.4 Å². The van der Waals surface area contributed by atoms with E-state index in [0.717, 1.165) is 42.1 Å². The molecule has 136 valence electrons. The fourth-order valence-electron chi connectivity index (χ4n) is 3.68. The Hall–Kier alpha value is -3.12. The maximum absolute atomic E-state index is 5.59. The molecule has 0 atom stereocenters. The van der Waals surface area contributed by atoms with Gasteiger partial charge in [0.2, 0.25) is 0 Å². The van der Waals surface area contributed by atoms with E-state index in [0.29, 0.717) is 6.61 Å². The Balaban J connectivity index is 1.34. The lowest BCUT2D eigenvalue weighted by Crippen LogP contribution is -2.12. The number of nitrogens with one attached hydrogen (secondary N) is 1. The third kappa shape index (κ3) is 2.88. The number of imidazole rings is 1. The molecule has 0 radical (unpaired) electrons. The molecule has 0 saturated carbocycles. The van der Waals surface area contributed by atoms with E-state index in [1.807, 2.05) is 36.3 Å². The Morgan fingerprint density at radius 1 is 1.11 bits per heavy atom. The monoisotopic (exact) mass is 359 g/mol. The molecule has 6 heteroatoms. The Morgan fingerprint density at radius 3 is 2.85 bits per heavy atom. The number of aromatic nitrogens is 4. The number of para-hydroxylation sites is 2. The minimum absolute atomic E-state index is 0.637. The molecular formula is C21H21N5O. The molecule has 0 bridgehead atoms. The zero-order valence-corrected chi connectivity index (χ0v) is 15.2. The molecule has 2 aromatic heterocycles. The highest BCUT2D eigenvalue weighted by atomic mass is 16.5. The van der Waals surface area contributed by atoms with Crippen LogP contribution in [0.4, 0.5) is 5.82 Å². The van der Waals surface area contributed by atoms with Crippen LogP contribution in [0.25, 0.3) is 16.7 Å². The molecule has 2 aromatic carbocycles. The van der Waals surface area contributed by atoms with Gasteiger partial charge in [0.25, 0.3) is 0 Å². The summed E-state index contributed by atoms with van der Waals surface area (Å²) in [7, 11) is 2.00. The first-order chi connectivity index (χ1) is 13.3. The predicted octanol–water partition coefficient (Wildman–Crippen LogP) is 3.44. The summed E-state index contributed by atoms with van der Waals surface area (Å²) in [6.07, 6.45) is 2.80. The van der Waals surface area contributed by atoms with Gasteiger partial charge in [-0.15, -0.1) is 0 Å². The van der Waals surface area contributed by atoms with E-state index in [4.69, 9.17) is 4.74 Å². The van der Waals surface area contributed by atoms with Crippen molar-refractivity contribution in [3.8, 4) is 5.69 Å². The van der Waals surface area contributed by atoms with E-state index in [9.17, 15) is 0 Å². The van der Waals surface area contributed by atoms with Crippen LogP contribution < -0.4 is 5.32 Å². The van der Waals surface area contributed by atoms with Gasteiger partial charge in [-0.05, 0) is 29.8 Å². The number of hydrogen-bond acceptors (Lipinski definition) is 4. The highest BCUT2D eigenvalue weighted by Gasteiger charge is 2.19. The number of aryl methyl sites for hydroxylation is 1. The third-order valence-corrected chi connectivity index (χ3v) is 5.13. The first-order valence-corrected chi connectivity index (χ1v) is 9.17. The second-order valence-corrected chi connectivity index (χ2v) is 6.82. The maximum atomic E-state index is 5.59. The Kier molecular flexibility index (Phi) is 3.90. The highest BCUT2D eigenvalue weighted by Crippen LogP contribution is 2.24. The molecule has 1 aliphatic heterocycles. The Bertz CT molecular complexity index is 1090. The van der Waals surface area contributed by atoms with Gasteiger partial charge in [0.1, 0.15) is 6.33 Å². The molecule has 0 spiro atoms. The minimum Gasteiger partial charge on any atom is -0.376 e. The van der Waals surface area contributed by atoms with Gasteiger partial charge >= 0.3 is 0 Å². The fraction of sp³-hybridized carbons (Fsp3) is 0.238. The lowest BCUT2D eigenvalue weighted by atomic mass is 10.1. The quantitative estimate of drug-likeness (QED) is 0.606. The molecule has 6 nitrogen and oxygen atoms in total. The van der Waals surface area contributed by atoms with Crippen LogP contribution in [0.1, 0.15) is 16.8 Å². The molecule has 0 aliphatic carbocycles. The van der Waals surface area contributed by atoms with Crippen molar-refractivity contribution in [2.45, 2.75) is 19.6 Å². The van der Waals surface area contributed by atoms with Crippen molar-refractivity contribution < 1.29 is 4.74 Å². The van der Waals surface area contributed by atoms with Crippen LogP contribution in [0, 0.1) is 0 Å². The molecule has 0 saturated heterocycles. The molecule has 0 fully saturated rings. The molecule has 4 aromatic rings. The minimum atomic E-state index is 0.637. The summed E-state index contributed by atoms with van der Waals surface area (Å²) in [6.45, 7) is 2.14.